The van der Waals surface area contributed by atoms with Crippen LogP contribution in [0.4, 0.5) is 0 Å². The summed E-state index contributed by atoms with van der Waals surface area (Å²) in [5.74, 6) is -0.602. The Balaban J connectivity index is 2.98. The first-order valence-corrected chi connectivity index (χ1v) is 4.09. The van der Waals surface area contributed by atoms with Crippen molar-refractivity contribution in [1.82, 2.24) is 20.6 Å². The molecule has 0 amide bonds. The molecule has 72 valence electrons. The number of rotatable bonds is 4. The van der Waals surface area contributed by atoms with Crippen LogP contribution in [0.25, 0.3) is 0 Å². The Kier molecular flexibility index (Phi) is 2.60. The van der Waals surface area contributed by atoms with Crippen LogP contribution in [0.5, 0.6) is 0 Å². The molecule has 1 heterocycles. The third kappa shape index (κ3) is 1.66. The van der Waals surface area contributed by atoms with E-state index in [9.17, 15) is 4.79 Å². The Morgan fingerprint density at radius 2 is 2.38 bits per heavy atom. The molecule has 1 aromatic rings. The molecule has 0 aliphatic heterocycles. The van der Waals surface area contributed by atoms with Crippen LogP contribution in [0.3, 0.4) is 0 Å². The smallest absolute Gasteiger partial charge is 0.317 e. The van der Waals surface area contributed by atoms with Crippen molar-refractivity contribution in [3.8, 4) is 0 Å². The number of nitrogens with zero attached hydrogens (tertiary/aromatic N) is 3. The summed E-state index contributed by atoms with van der Waals surface area (Å²) >= 11 is 0. The first-order chi connectivity index (χ1) is 6.11. The van der Waals surface area contributed by atoms with E-state index in [0.29, 0.717) is 12.2 Å². The lowest BCUT2D eigenvalue weighted by molar-refractivity contribution is -0.143. The third-order valence-electron chi connectivity index (χ3n) is 2.09. The normalized spacial score (nSPS) is 15.2. The van der Waals surface area contributed by atoms with Gasteiger partial charge in [0.05, 0.1) is 0 Å². The van der Waals surface area contributed by atoms with E-state index < -0.39 is 11.4 Å². The highest BCUT2D eigenvalue weighted by molar-refractivity contribution is 5.79. The van der Waals surface area contributed by atoms with Crippen LogP contribution in [0.15, 0.2) is 0 Å². The van der Waals surface area contributed by atoms with Gasteiger partial charge in [-0.15, -0.1) is 5.10 Å². The lowest BCUT2D eigenvalue weighted by Gasteiger charge is -2.19. The van der Waals surface area contributed by atoms with Gasteiger partial charge in [-0.3, -0.25) is 4.79 Å². The monoisotopic (exact) mass is 184 g/mol. The van der Waals surface area contributed by atoms with Gasteiger partial charge in [0, 0.05) is 0 Å². The number of aliphatic carboxylic acids is 1. The zero-order valence-corrected chi connectivity index (χ0v) is 7.61. The quantitative estimate of drug-likeness (QED) is 0.704. The molecule has 0 saturated heterocycles. The molecule has 0 aliphatic carbocycles. The number of hydrogen-bond donors (Lipinski definition) is 2. The molecule has 1 unspecified atom stereocenters. The largest absolute Gasteiger partial charge is 0.480 e. The van der Waals surface area contributed by atoms with Crippen LogP contribution in [0.2, 0.25) is 0 Å². The van der Waals surface area contributed by atoms with Gasteiger partial charge >= 0.3 is 5.97 Å². The molecule has 6 heteroatoms. The summed E-state index contributed by atoms with van der Waals surface area (Å²) < 4.78 is 0. The molecule has 2 N–H and O–H groups in total. The van der Waals surface area contributed by atoms with Crippen molar-refractivity contribution < 1.29 is 9.90 Å². The van der Waals surface area contributed by atoms with Crippen molar-refractivity contribution in [1.29, 1.82) is 0 Å². The summed E-state index contributed by atoms with van der Waals surface area (Å²) in [6.45, 7) is 3.53. The zero-order valence-electron chi connectivity index (χ0n) is 7.61. The number of nitrogens with one attached hydrogen (secondary N) is 1. The van der Waals surface area contributed by atoms with Crippen LogP contribution in [-0.4, -0.2) is 31.7 Å². The van der Waals surface area contributed by atoms with Crippen molar-refractivity contribution in [3.63, 3.8) is 0 Å². The van der Waals surface area contributed by atoms with E-state index in [2.05, 4.69) is 20.6 Å². The summed E-state index contributed by atoms with van der Waals surface area (Å²) in [7, 11) is 0. The molecule has 0 fully saturated rings. The Hall–Kier alpha value is -1.46. The van der Waals surface area contributed by atoms with Crippen LogP contribution in [0.1, 0.15) is 32.5 Å². The van der Waals surface area contributed by atoms with E-state index in [1.54, 1.807) is 6.92 Å². The number of carboxylic acid groups (broad SMARTS) is 1. The SMILES string of the molecule is CCCC(C)(C(=O)O)c1nnn[nH]1. The van der Waals surface area contributed by atoms with Gasteiger partial charge in [0.25, 0.3) is 0 Å². The fourth-order valence-electron chi connectivity index (χ4n) is 1.22. The molecular weight excluding hydrogens is 172 g/mol. The average molecular weight is 184 g/mol. The third-order valence-corrected chi connectivity index (χ3v) is 2.09. The molecule has 0 aliphatic rings. The second-order valence-electron chi connectivity index (χ2n) is 3.14. The van der Waals surface area contributed by atoms with E-state index >= 15 is 0 Å². The van der Waals surface area contributed by atoms with Gasteiger partial charge in [-0.05, 0) is 23.8 Å². The number of hydrogen-bond acceptors (Lipinski definition) is 4. The number of aromatic amines is 1. The van der Waals surface area contributed by atoms with Gasteiger partial charge in [0.15, 0.2) is 5.82 Å². The number of H-pyrrole nitrogens is 1. The molecule has 6 nitrogen and oxygen atoms in total. The Morgan fingerprint density at radius 3 is 2.77 bits per heavy atom. The second kappa shape index (κ2) is 3.51. The maximum absolute atomic E-state index is 11.0. The van der Waals surface area contributed by atoms with Crippen molar-refractivity contribution in [2.45, 2.75) is 32.1 Å². The molecule has 0 saturated carbocycles. The van der Waals surface area contributed by atoms with E-state index in [-0.39, 0.29) is 0 Å². The van der Waals surface area contributed by atoms with E-state index in [1.165, 1.54) is 0 Å². The van der Waals surface area contributed by atoms with Crippen molar-refractivity contribution >= 4 is 5.97 Å². The fraction of sp³-hybridized carbons (Fsp3) is 0.714. The lowest BCUT2D eigenvalue weighted by atomic mass is 9.85. The Morgan fingerprint density at radius 1 is 1.69 bits per heavy atom. The average Bonchev–Trinajstić information content (AvgIpc) is 2.56. The van der Waals surface area contributed by atoms with Gasteiger partial charge in [-0.25, -0.2) is 5.10 Å². The summed E-state index contributed by atoms with van der Waals surface area (Å²) in [6, 6.07) is 0. The molecule has 0 spiro atoms. The highest BCUT2D eigenvalue weighted by Gasteiger charge is 2.37. The zero-order chi connectivity index (χ0) is 9.90. The lowest BCUT2D eigenvalue weighted by Crippen LogP contribution is -2.33. The van der Waals surface area contributed by atoms with Crippen LogP contribution in [0, 0.1) is 0 Å². The topological polar surface area (TPSA) is 91.8 Å². The van der Waals surface area contributed by atoms with Gasteiger partial charge in [-0.2, -0.15) is 0 Å². The highest BCUT2D eigenvalue weighted by Crippen LogP contribution is 2.25. The van der Waals surface area contributed by atoms with Crippen molar-refractivity contribution in [2.75, 3.05) is 0 Å². The summed E-state index contributed by atoms with van der Waals surface area (Å²) in [5.41, 5.74) is -1.00. The van der Waals surface area contributed by atoms with Gasteiger partial charge in [0.2, 0.25) is 0 Å². The molecule has 1 rings (SSSR count). The number of tetrazole rings is 1. The molecule has 0 radical (unpaired) electrons. The summed E-state index contributed by atoms with van der Waals surface area (Å²) in [6.07, 6.45) is 1.28. The molecule has 1 atom stereocenters. The Bertz CT molecular complexity index is 285. The minimum absolute atomic E-state index is 0.307. The number of carbonyl (C=O) groups is 1. The highest BCUT2D eigenvalue weighted by atomic mass is 16.4. The molecule has 13 heavy (non-hydrogen) atoms. The first kappa shape index (κ1) is 9.63. The van der Waals surface area contributed by atoms with E-state index in [4.69, 9.17) is 5.11 Å². The first-order valence-electron chi connectivity index (χ1n) is 4.09. The molecular formula is C7H12N4O2. The van der Waals surface area contributed by atoms with Gasteiger partial charge < -0.3 is 5.11 Å². The fourth-order valence-corrected chi connectivity index (χ4v) is 1.22. The second-order valence-corrected chi connectivity index (χ2v) is 3.14. The Labute approximate surface area is 75.4 Å². The molecule has 1 aromatic heterocycles. The summed E-state index contributed by atoms with van der Waals surface area (Å²) in [5, 5.41) is 21.9. The van der Waals surface area contributed by atoms with Crippen LogP contribution < -0.4 is 0 Å². The predicted molar refractivity (Wildman–Crippen MR) is 44.1 cm³/mol. The predicted octanol–water partition coefficient (Wildman–Crippen LogP) is 0.342. The standard InChI is InChI=1S/C7H12N4O2/c1-3-4-7(2,6(12)13)5-8-10-11-9-5/h3-4H2,1-2H3,(H,12,13)(H,8,9,10,11). The maximum atomic E-state index is 11.0. The number of aromatic nitrogens is 4. The minimum Gasteiger partial charge on any atom is -0.480 e. The number of carboxylic acids is 1. The molecule has 0 bridgehead atoms. The molecule has 0 aromatic carbocycles. The van der Waals surface area contributed by atoms with Crippen LogP contribution >= 0.6 is 0 Å². The van der Waals surface area contributed by atoms with Crippen molar-refractivity contribution in [3.05, 3.63) is 5.82 Å². The van der Waals surface area contributed by atoms with Gasteiger partial charge in [-0.1, -0.05) is 13.3 Å². The van der Waals surface area contributed by atoms with Gasteiger partial charge in [0.1, 0.15) is 5.41 Å². The summed E-state index contributed by atoms with van der Waals surface area (Å²) in [4.78, 5) is 11.0. The van der Waals surface area contributed by atoms with E-state index in [1.807, 2.05) is 6.92 Å². The minimum atomic E-state index is -1.00. The maximum Gasteiger partial charge on any atom is 0.317 e. The van der Waals surface area contributed by atoms with Crippen LogP contribution in [-0.2, 0) is 10.2 Å². The van der Waals surface area contributed by atoms with E-state index in [0.717, 1.165) is 6.42 Å². The van der Waals surface area contributed by atoms with Crippen molar-refractivity contribution in [2.24, 2.45) is 0 Å².